The predicted octanol–water partition coefficient (Wildman–Crippen LogP) is 4.82. The minimum absolute atomic E-state index is 1.14. The van der Waals surface area contributed by atoms with E-state index in [0.29, 0.717) is 0 Å². The first-order valence-corrected chi connectivity index (χ1v) is 7.17. The molecular weight excluding hydrogens is 268 g/mol. The molecule has 0 atom stereocenters. The molecule has 2 heterocycles. The zero-order valence-electron chi connectivity index (χ0n) is 12.1. The molecule has 2 aromatic heterocycles. The zero-order valence-corrected chi connectivity index (χ0v) is 12.1. The SMILES string of the molecule is C(=C/c1ccccc1/C=C\c1ccncc1)/c1ccncc1. The van der Waals surface area contributed by atoms with Crippen LogP contribution in [0.15, 0.2) is 73.3 Å². The topological polar surface area (TPSA) is 25.8 Å². The largest absolute Gasteiger partial charge is 0.265 e. The van der Waals surface area contributed by atoms with Crippen LogP contribution in [0.25, 0.3) is 24.3 Å². The van der Waals surface area contributed by atoms with Crippen molar-refractivity contribution in [1.82, 2.24) is 9.97 Å². The average Bonchev–Trinajstić information content (AvgIpc) is 2.61. The summed E-state index contributed by atoms with van der Waals surface area (Å²) >= 11 is 0. The molecule has 1 aromatic carbocycles. The quantitative estimate of drug-likeness (QED) is 0.686. The lowest BCUT2D eigenvalue weighted by molar-refractivity contribution is 1.32. The highest BCUT2D eigenvalue weighted by Gasteiger charge is 1.95. The van der Waals surface area contributed by atoms with Crippen molar-refractivity contribution < 1.29 is 0 Å². The lowest BCUT2D eigenvalue weighted by Crippen LogP contribution is -1.80. The third kappa shape index (κ3) is 3.76. The predicted molar refractivity (Wildman–Crippen MR) is 92.8 cm³/mol. The van der Waals surface area contributed by atoms with E-state index in [1.54, 1.807) is 24.8 Å². The van der Waals surface area contributed by atoms with Crippen LogP contribution < -0.4 is 0 Å². The van der Waals surface area contributed by atoms with Gasteiger partial charge in [0.05, 0.1) is 0 Å². The van der Waals surface area contributed by atoms with E-state index in [4.69, 9.17) is 0 Å². The van der Waals surface area contributed by atoms with Crippen LogP contribution in [0.4, 0.5) is 0 Å². The van der Waals surface area contributed by atoms with E-state index in [1.165, 1.54) is 11.1 Å². The molecule has 0 amide bonds. The van der Waals surface area contributed by atoms with E-state index in [2.05, 4.69) is 58.5 Å². The summed E-state index contributed by atoms with van der Waals surface area (Å²) in [7, 11) is 0. The number of rotatable bonds is 4. The van der Waals surface area contributed by atoms with Gasteiger partial charge in [-0.25, -0.2) is 0 Å². The van der Waals surface area contributed by atoms with E-state index in [1.807, 2.05) is 24.3 Å². The maximum absolute atomic E-state index is 4.03. The van der Waals surface area contributed by atoms with Crippen molar-refractivity contribution in [1.29, 1.82) is 0 Å². The van der Waals surface area contributed by atoms with Gasteiger partial charge in [0, 0.05) is 24.8 Å². The lowest BCUT2D eigenvalue weighted by Gasteiger charge is -2.01. The molecule has 0 aliphatic heterocycles. The summed E-state index contributed by atoms with van der Waals surface area (Å²) in [6, 6.07) is 16.3. The summed E-state index contributed by atoms with van der Waals surface area (Å²) in [5.41, 5.74) is 4.65. The molecular formula is C20H16N2. The molecule has 0 N–H and O–H groups in total. The smallest absolute Gasteiger partial charge is 0.0273 e. The Kier molecular flexibility index (Phi) is 4.53. The van der Waals surface area contributed by atoms with Crippen molar-refractivity contribution in [2.75, 3.05) is 0 Å². The normalized spacial score (nSPS) is 11.3. The second-order valence-corrected chi connectivity index (χ2v) is 4.86. The molecule has 106 valence electrons. The number of benzene rings is 1. The van der Waals surface area contributed by atoms with Gasteiger partial charge in [0.1, 0.15) is 0 Å². The first kappa shape index (κ1) is 14.0. The number of nitrogens with zero attached hydrogens (tertiary/aromatic N) is 2. The molecule has 3 aromatic rings. The Hall–Kier alpha value is -3.00. The van der Waals surface area contributed by atoms with Gasteiger partial charge in [0.15, 0.2) is 0 Å². The molecule has 0 aliphatic carbocycles. The van der Waals surface area contributed by atoms with Gasteiger partial charge < -0.3 is 0 Å². The summed E-state index contributed by atoms with van der Waals surface area (Å²) in [6.45, 7) is 0. The van der Waals surface area contributed by atoms with Crippen LogP contribution in [0.1, 0.15) is 22.3 Å². The zero-order chi connectivity index (χ0) is 15.0. The summed E-state index contributed by atoms with van der Waals surface area (Å²) in [5.74, 6) is 0. The summed E-state index contributed by atoms with van der Waals surface area (Å²) in [6.07, 6.45) is 15.7. The number of hydrogen-bond acceptors (Lipinski definition) is 2. The standard InChI is InChI=1S/C20H16N2/c1-2-4-20(8-6-18-11-15-22-16-12-18)19(3-1)7-5-17-9-13-21-14-10-17/h1-16H/b7-5-,8-6-. The molecule has 0 aliphatic rings. The van der Waals surface area contributed by atoms with Crippen molar-refractivity contribution in [3.8, 4) is 0 Å². The van der Waals surface area contributed by atoms with Crippen LogP contribution in [0.3, 0.4) is 0 Å². The Morgan fingerprint density at radius 3 is 1.32 bits per heavy atom. The Morgan fingerprint density at radius 1 is 0.500 bits per heavy atom. The molecule has 0 bridgehead atoms. The summed E-state index contributed by atoms with van der Waals surface area (Å²) in [5, 5.41) is 0. The average molecular weight is 284 g/mol. The molecule has 0 radical (unpaired) electrons. The van der Waals surface area contributed by atoms with Crippen molar-refractivity contribution >= 4 is 24.3 Å². The fraction of sp³-hybridized carbons (Fsp3) is 0. The van der Waals surface area contributed by atoms with E-state index < -0.39 is 0 Å². The van der Waals surface area contributed by atoms with E-state index in [0.717, 1.165) is 11.1 Å². The second-order valence-electron chi connectivity index (χ2n) is 4.86. The van der Waals surface area contributed by atoms with Crippen LogP contribution in [0.2, 0.25) is 0 Å². The monoisotopic (exact) mass is 284 g/mol. The van der Waals surface area contributed by atoms with Gasteiger partial charge in [0.25, 0.3) is 0 Å². The lowest BCUT2D eigenvalue weighted by atomic mass is 10.0. The van der Waals surface area contributed by atoms with Gasteiger partial charge in [0.2, 0.25) is 0 Å². The van der Waals surface area contributed by atoms with Crippen molar-refractivity contribution in [3.63, 3.8) is 0 Å². The van der Waals surface area contributed by atoms with Gasteiger partial charge in [-0.2, -0.15) is 0 Å². The number of aromatic nitrogens is 2. The summed E-state index contributed by atoms with van der Waals surface area (Å²) < 4.78 is 0. The highest BCUT2D eigenvalue weighted by atomic mass is 14.6. The molecule has 22 heavy (non-hydrogen) atoms. The third-order valence-corrected chi connectivity index (χ3v) is 3.32. The summed E-state index contributed by atoms with van der Waals surface area (Å²) in [4.78, 5) is 8.06. The highest BCUT2D eigenvalue weighted by molar-refractivity contribution is 5.79. The van der Waals surface area contributed by atoms with Crippen LogP contribution in [-0.4, -0.2) is 9.97 Å². The number of pyridine rings is 2. The van der Waals surface area contributed by atoms with Crippen LogP contribution in [-0.2, 0) is 0 Å². The minimum atomic E-state index is 1.14. The van der Waals surface area contributed by atoms with Gasteiger partial charge in [-0.1, -0.05) is 48.6 Å². The molecule has 0 unspecified atom stereocenters. The maximum Gasteiger partial charge on any atom is 0.0273 e. The molecule has 0 fully saturated rings. The van der Waals surface area contributed by atoms with E-state index >= 15 is 0 Å². The first-order valence-electron chi connectivity index (χ1n) is 7.17. The van der Waals surface area contributed by atoms with E-state index in [9.17, 15) is 0 Å². The third-order valence-electron chi connectivity index (χ3n) is 3.32. The van der Waals surface area contributed by atoms with E-state index in [-0.39, 0.29) is 0 Å². The van der Waals surface area contributed by atoms with Gasteiger partial charge >= 0.3 is 0 Å². The molecule has 0 saturated heterocycles. The van der Waals surface area contributed by atoms with Crippen molar-refractivity contribution in [2.45, 2.75) is 0 Å². The fourth-order valence-electron chi connectivity index (χ4n) is 2.14. The first-order chi connectivity index (χ1) is 10.9. The van der Waals surface area contributed by atoms with Crippen LogP contribution in [0.5, 0.6) is 0 Å². The van der Waals surface area contributed by atoms with Gasteiger partial charge in [-0.3, -0.25) is 9.97 Å². The Labute approximate surface area is 130 Å². The van der Waals surface area contributed by atoms with Gasteiger partial charge in [-0.05, 0) is 46.5 Å². The maximum atomic E-state index is 4.03. The second kappa shape index (κ2) is 7.14. The Bertz CT molecular complexity index is 707. The highest BCUT2D eigenvalue weighted by Crippen LogP contribution is 2.16. The molecule has 2 heteroatoms. The molecule has 0 spiro atoms. The minimum Gasteiger partial charge on any atom is -0.265 e. The molecule has 0 saturated carbocycles. The fourth-order valence-corrected chi connectivity index (χ4v) is 2.14. The van der Waals surface area contributed by atoms with Crippen LogP contribution in [0, 0.1) is 0 Å². The van der Waals surface area contributed by atoms with Crippen molar-refractivity contribution in [2.24, 2.45) is 0 Å². The van der Waals surface area contributed by atoms with Crippen LogP contribution >= 0.6 is 0 Å². The molecule has 3 rings (SSSR count). The number of hydrogen-bond donors (Lipinski definition) is 0. The molecule has 2 nitrogen and oxygen atoms in total. The Balaban J connectivity index is 1.84. The van der Waals surface area contributed by atoms with Gasteiger partial charge in [-0.15, -0.1) is 0 Å². The van der Waals surface area contributed by atoms with Crippen molar-refractivity contribution in [3.05, 3.63) is 95.6 Å². The Morgan fingerprint density at radius 2 is 0.909 bits per heavy atom.